The number of nitrogens with one attached hydrogen (secondary N) is 3. The van der Waals surface area contributed by atoms with Gasteiger partial charge in [0.25, 0.3) is 5.91 Å². The zero-order chi connectivity index (χ0) is 22.2. The van der Waals surface area contributed by atoms with Crippen molar-refractivity contribution in [1.82, 2.24) is 20.8 Å². The van der Waals surface area contributed by atoms with E-state index in [1.165, 1.54) is 5.56 Å². The van der Waals surface area contributed by atoms with Gasteiger partial charge < -0.3 is 20.1 Å². The molecule has 0 bridgehead atoms. The number of aromatic amines is 1. The fourth-order valence-corrected chi connectivity index (χ4v) is 4.78. The van der Waals surface area contributed by atoms with Gasteiger partial charge in [0.1, 0.15) is 5.69 Å². The van der Waals surface area contributed by atoms with Crippen molar-refractivity contribution in [3.63, 3.8) is 0 Å². The first-order valence-corrected chi connectivity index (χ1v) is 11.2. The van der Waals surface area contributed by atoms with Crippen molar-refractivity contribution in [1.29, 1.82) is 0 Å². The normalized spacial score (nSPS) is 19.5. The van der Waals surface area contributed by atoms with Crippen molar-refractivity contribution in [2.75, 3.05) is 19.9 Å². The standard InChI is InChI=1S/C26H24N4O3/c31-26(28-22-14-27-11-10-19(22)16-4-2-1-3-5-16)18-6-8-21-20(12-18)25(30-29-21)17-7-9-23-24(13-17)33-15-32-23/h1-9,12-13,19,22,27H,10-11,14-15H2,(H,28,31)(H,29,30)/t19-,22+/m0/s1. The van der Waals surface area contributed by atoms with Gasteiger partial charge in [0.15, 0.2) is 11.5 Å². The monoisotopic (exact) mass is 440 g/mol. The van der Waals surface area contributed by atoms with Crippen molar-refractivity contribution in [3.8, 4) is 22.8 Å². The maximum atomic E-state index is 13.3. The Morgan fingerprint density at radius 3 is 2.79 bits per heavy atom. The third-order valence-electron chi connectivity index (χ3n) is 6.50. The van der Waals surface area contributed by atoms with Crippen LogP contribution in [0.15, 0.2) is 66.7 Å². The molecule has 6 rings (SSSR count). The highest BCUT2D eigenvalue weighted by Crippen LogP contribution is 2.37. The van der Waals surface area contributed by atoms with Crippen LogP contribution in [0, 0.1) is 0 Å². The molecule has 1 saturated heterocycles. The Balaban J connectivity index is 1.28. The molecule has 3 N–H and O–H groups in total. The molecule has 166 valence electrons. The van der Waals surface area contributed by atoms with Crippen LogP contribution in [0.3, 0.4) is 0 Å². The molecule has 1 fully saturated rings. The van der Waals surface area contributed by atoms with Crippen LogP contribution in [0.1, 0.15) is 28.3 Å². The number of piperidine rings is 1. The van der Waals surface area contributed by atoms with Gasteiger partial charge in [-0.15, -0.1) is 0 Å². The number of fused-ring (bicyclic) bond motifs is 2. The summed E-state index contributed by atoms with van der Waals surface area (Å²) in [6, 6.07) is 21.9. The Morgan fingerprint density at radius 2 is 1.88 bits per heavy atom. The van der Waals surface area contributed by atoms with Gasteiger partial charge in [0, 0.05) is 35.0 Å². The molecule has 3 heterocycles. The summed E-state index contributed by atoms with van der Waals surface area (Å²) in [5, 5.41) is 15.1. The summed E-state index contributed by atoms with van der Waals surface area (Å²) in [5.41, 5.74) is 4.44. The first-order valence-electron chi connectivity index (χ1n) is 11.2. The third kappa shape index (κ3) is 3.70. The van der Waals surface area contributed by atoms with Crippen molar-refractivity contribution < 1.29 is 14.3 Å². The minimum absolute atomic E-state index is 0.0297. The molecule has 7 heteroatoms. The Bertz CT molecular complexity index is 1320. The van der Waals surface area contributed by atoms with Crippen molar-refractivity contribution in [3.05, 3.63) is 77.9 Å². The van der Waals surface area contributed by atoms with E-state index in [1.54, 1.807) is 0 Å². The van der Waals surface area contributed by atoms with E-state index in [0.29, 0.717) is 17.2 Å². The maximum Gasteiger partial charge on any atom is 0.251 e. The predicted octanol–water partition coefficient (Wildman–Crippen LogP) is 3.83. The first-order chi connectivity index (χ1) is 16.3. The maximum absolute atomic E-state index is 13.3. The van der Waals surface area contributed by atoms with Crippen LogP contribution in [-0.4, -0.2) is 42.0 Å². The van der Waals surface area contributed by atoms with Gasteiger partial charge in [0.2, 0.25) is 6.79 Å². The largest absolute Gasteiger partial charge is 0.454 e. The average Bonchev–Trinajstić information content (AvgIpc) is 3.51. The molecule has 0 radical (unpaired) electrons. The Labute approximate surface area is 191 Å². The number of carbonyl (C=O) groups is 1. The number of ether oxygens (including phenoxy) is 2. The molecule has 0 aliphatic carbocycles. The van der Waals surface area contributed by atoms with E-state index in [9.17, 15) is 4.79 Å². The summed E-state index contributed by atoms with van der Waals surface area (Å²) in [6.45, 7) is 1.93. The van der Waals surface area contributed by atoms with Crippen LogP contribution in [-0.2, 0) is 0 Å². The van der Waals surface area contributed by atoms with Gasteiger partial charge in [-0.3, -0.25) is 9.89 Å². The molecule has 7 nitrogen and oxygen atoms in total. The van der Waals surface area contributed by atoms with Crippen molar-refractivity contribution in [2.24, 2.45) is 0 Å². The fourth-order valence-electron chi connectivity index (χ4n) is 4.78. The number of amides is 1. The van der Waals surface area contributed by atoms with E-state index in [1.807, 2.05) is 42.5 Å². The van der Waals surface area contributed by atoms with Crippen LogP contribution in [0.2, 0.25) is 0 Å². The number of rotatable bonds is 4. The molecular formula is C26H24N4O3. The molecule has 4 aromatic rings. The summed E-state index contributed by atoms with van der Waals surface area (Å²) in [6.07, 6.45) is 0.990. The minimum Gasteiger partial charge on any atom is -0.454 e. The molecule has 2 aliphatic rings. The fraction of sp³-hybridized carbons (Fsp3) is 0.231. The van der Waals surface area contributed by atoms with E-state index in [-0.39, 0.29) is 18.7 Å². The summed E-state index contributed by atoms with van der Waals surface area (Å²) in [5.74, 6) is 1.64. The zero-order valence-electron chi connectivity index (χ0n) is 18.0. The molecule has 2 atom stereocenters. The van der Waals surface area contributed by atoms with E-state index in [0.717, 1.165) is 47.4 Å². The molecular weight excluding hydrogens is 416 g/mol. The Morgan fingerprint density at radius 1 is 1.00 bits per heavy atom. The highest BCUT2D eigenvalue weighted by molar-refractivity contribution is 6.01. The first kappa shape index (κ1) is 19.8. The molecule has 0 unspecified atom stereocenters. The SMILES string of the molecule is O=C(N[C@@H]1CNCC[C@H]1c1ccccc1)c1ccc2[nH]nc(-c3ccc4c(c3)OCO4)c2c1. The lowest BCUT2D eigenvalue weighted by molar-refractivity contribution is 0.0924. The van der Waals surface area contributed by atoms with E-state index in [4.69, 9.17) is 9.47 Å². The van der Waals surface area contributed by atoms with Crippen molar-refractivity contribution in [2.45, 2.75) is 18.4 Å². The summed E-state index contributed by atoms with van der Waals surface area (Å²) in [7, 11) is 0. The number of nitrogens with zero attached hydrogens (tertiary/aromatic N) is 1. The summed E-state index contributed by atoms with van der Waals surface area (Å²) < 4.78 is 10.9. The van der Waals surface area contributed by atoms with Gasteiger partial charge in [-0.05, 0) is 54.9 Å². The molecule has 3 aromatic carbocycles. The molecule has 2 aliphatic heterocycles. The van der Waals surface area contributed by atoms with Crippen LogP contribution < -0.4 is 20.1 Å². The van der Waals surface area contributed by atoms with Crippen molar-refractivity contribution >= 4 is 16.8 Å². The number of hydrogen-bond donors (Lipinski definition) is 3. The highest BCUT2D eigenvalue weighted by atomic mass is 16.7. The molecule has 33 heavy (non-hydrogen) atoms. The molecule has 1 aromatic heterocycles. The predicted molar refractivity (Wildman–Crippen MR) is 126 cm³/mol. The molecule has 1 amide bonds. The van der Waals surface area contributed by atoms with Crippen LogP contribution in [0.5, 0.6) is 11.5 Å². The lowest BCUT2D eigenvalue weighted by atomic mass is 9.86. The van der Waals surface area contributed by atoms with Gasteiger partial charge in [0.05, 0.1) is 5.52 Å². The number of aromatic nitrogens is 2. The third-order valence-corrected chi connectivity index (χ3v) is 6.50. The second-order valence-electron chi connectivity index (χ2n) is 8.49. The molecule has 0 saturated carbocycles. The Hall–Kier alpha value is -3.84. The molecule has 0 spiro atoms. The van der Waals surface area contributed by atoms with Crippen LogP contribution in [0.4, 0.5) is 0 Å². The second kappa shape index (κ2) is 8.26. The van der Waals surface area contributed by atoms with Gasteiger partial charge in [-0.2, -0.15) is 5.10 Å². The number of benzene rings is 3. The van der Waals surface area contributed by atoms with Crippen LogP contribution >= 0.6 is 0 Å². The zero-order valence-corrected chi connectivity index (χ0v) is 18.0. The van der Waals surface area contributed by atoms with Crippen LogP contribution in [0.25, 0.3) is 22.2 Å². The quantitative estimate of drug-likeness (QED) is 0.449. The Kier molecular flexibility index (Phi) is 4.96. The summed E-state index contributed by atoms with van der Waals surface area (Å²) in [4.78, 5) is 13.3. The smallest absolute Gasteiger partial charge is 0.251 e. The second-order valence-corrected chi connectivity index (χ2v) is 8.49. The van der Waals surface area contributed by atoms with Gasteiger partial charge in [-0.25, -0.2) is 0 Å². The number of hydrogen-bond acceptors (Lipinski definition) is 5. The van der Waals surface area contributed by atoms with E-state index < -0.39 is 0 Å². The lowest BCUT2D eigenvalue weighted by Crippen LogP contribution is -2.50. The number of H-pyrrole nitrogens is 1. The van der Waals surface area contributed by atoms with Gasteiger partial charge >= 0.3 is 0 Å². The average molecular weight is 441 g/mol. The lowest BCUT2D eigenvalue weighted by Gasteiger charge is -2.33. The van der Waals surface area contributed by atoms with E-state index in [2.05, 4.69) is 45.1 Å². The van der Waals surface area contributed by atoms with E-state index >= 15 is 0 Å². The minimum atomic E-state index is -0.0793. The van der Waals surface area contributed by atoms with Gasteiger partial charge in [-0.1, -0.05) is 30.3 Å². The topological polar surface area (TPSA) is 88.3 Å². The summed E-state index contributed by atoms with van der Waals surface area (Å²) >= 11 is 0. The number of carbonyl (C=O) groups excluding carboxylic acids is 1. The highest BCUT2D eigenvalue weighted by Gasteiger charge is 2.28.